The molecule has 5 heteroatoms. The Labute approximate surface area is 65.2 Å². The van der Waals surface area contributed by atoms with Gasteiger partial charge in [-0.15, -0.1) is 0 Å². The van der Waals surface area contributed by atoms with Crippen molar-refractivity contribution in [1.82, 2.24) is 0 Å². The average molecular weight is 150 g/mol. The molecule has 0 aliphatic heterocycles. The first-order valence-electron chi connectivity index (χ1n) is 0.548. The molecule has 0 amide bonds. The molecular formula is NO3Sr+. The molecule has 0 radical (unpaired) electrons. The van der Waals surface area contributed by atoms with Crippen molar-refractivity contribution in [3.8, 4) is 0 Å². The second-order valence-corrected chi connectivity index (χ2v) is 0.224. The first kappa shape index (κ1) is 9.19. The molecule has 0 aromatic carbocycles. The Morgan fingerprint density at radius 2 is 1.40 bits per heavy atom. The fraction of sp³-hybridized carbons (Fsp3) is 0. The zero-order valence-corrected chi connectivity index (χ0v) is 5.86. The molecule has 0 N–H and O–H groups in total. The zero-order chi connectivity index (χ0) is 3.58. The van der Waals surface area contributed by atoms with E-state index in [-0.39, 0.29) is 45.5 Å². The Bertz CT molecular complexity index is 29.9. The number of hydrogen-bond acceptors (Lipinski definition) is 3. The second kappa shape index (κ2) is 4.68. The van der Waals surface area contributed by atoms with Crippen molar-refractivity contribution in [2.45, 2.75) is 0 Å². The summed E-state index contributed by atoms with van der Waals surface area (Å²) >= 11 is 0. The minimum Gasteiger partial charge on any atom is -0.356 e. The Balaban J connectivity index is 0. The molecule has 0 spiro atoms. The number of nitrogens with zero attached hydrogens (tertiary/aromatic N) is 1. The molecule has 0 aliphatic rings. The summed E-state index contributed by atoms with van der Waals surface area (Å²) < 4.78 is 0. The van der Waals surface area contributed by atoms with E-state index in [1.807, 2.05) is 0 Å². The van der Waals surface area contributed by atoms with Crippen molar-refractivity contribution in [2.75, 3.05) is 0 Å². The Morgan fingerprint density at radius 3 is 1.40 bits per heavy atom. The molecule has 0 bridgehead atoms. The van der Waals surface area contributed by atoms with Crippen LogP contribution >= 0.6 is 0 Å². The fourth-order valence-corrected chi connectivity index (χ4v) is 0. The van der Waals surface area contributed by atoms with Gasteiger partial charge >= 0.3 is 45.5 Å². The first-order chi connectivity index (χ1) is 1.73. The van der Waals surface area contributed by atoms with Crippen LogP contribution in [0.15, 0.2) is 0 Å². The minimum absolute atomic E-state index is 0. The van der Waals surface area contributed by atoms with Crippen LogP contribution in [0.3, 0.4) is 0 Å². The van der Waals surface area contributed by atoms with Crippen LogP contribution < -0.4 is 0 Å². The van der Waals surface area contributed by atoms with E-state index < -0.39 is 5.09 Å². The van der Waals surface area contributed by atoms with Gasteiger partial charge in [0.05, 0.1) is 5.09 Å². The quantitative estimate of drug-likeness (QED) is 0.262. The molecule has 5 heavy (non-hydrogen) atoms. The molecule has 24 valence electrons. The molecule has 0 unspecified atom stereocenters. The van der Waals surface area contributed by atoms with E-state index >= 15 is 0 Å². The summed E-state index contributed by atoms with van der Waals surface area (Å²) in [4.78, 5) is 8.25. The van der Waals surface area contributed by atoms with E-state index in [1.165, 1.54) is 0 Å². The SMILES string of the molecule is O=[N+]([O-])[O-].[Sr+2]. The van der Waals surface area contributed by atoms with Crippen LogP contribution in [-0.4, -0.2) is 50.6 Å². The van der Waals surface area contributed by atoms with Gasteiger partial charge in [0.15, 0.2) is 0 Å². The van der Waals surface area contributed by atoms with Gasteiger partial charge in [-0.1, -0.05) is 0 Å². The molecule has 0 atom stereocenters. The maximum absolute atomic E-state index is 8.25. The van der Waals surface area contributed by atoms with E-state index in [4.69, 9.17) is 15.3 Å². The predicted molar refractivity (Wildman–Crippen MR) is 16.1 cm³/mol. The van der Waals surface area contributed by atoms with Crippen LogP contribution in [0.1, 0.15) is 0 Å². The van der Waals surface area contributed by atoms with E-state index in [1.54, 1.807) is 0 Å². The zero-order valence-electron chi connectivity index (χ0n) is 2.38. The molecular weight excluding hydrogens is 150 g/mol. The molecule has 0 aromatic heterocycles. The van der Waals surface area contributed by atoms with Crippen molar-refractivity contribution in [1.29, 1.82) is 0 Å². The third kappa shape index (κ3) is 72.6. The third-order valence-electron chi connectivity index (χ3n) is 0. The van der Waals surface area contributed by atoms with Crippen LogP contribution in [0.25, 0.3) is 0 Å². The molecule has 0 fully saturated rings. The normalized spacial score (nSPS) is 4.80. The van der Waals surface area contributed by atoms with Crippen LogP contribution in [0.5, 0.6) is 0 Å². The van der Waals surface area contributed by atoms with Gasteiger partial charge < -0.3 is 15.3 Å². The van der Waals surface area contributed by atoms with Crippen LogP contribution in [0, 0.1) is 15.3 Å². The van der Waals surface area contributed by atoms with Gasteiger partial charge in [0.25, 0.3) is 0 Å². The molecule has 0 aliphatic carbocycles. The van der Waals surface area contributed by atoms with Crippen molar-refractivity contribution in [3.63, 3.8) is 0 Å². The second-order valence-electron chi connectivity index (χ2n) is 0.224. The van der Waals surface area contributed by atoms with E-state index in [0.717, 1.165) is 0 Å². The van der Waals surface area contributed by atoms with Gasteiger partial charge in [-0.3, -0.25) is 0 Å². The van der Waals surface area contributed by atoms with Gasteiger partial charge in [-0.2, -0.15) is 0 Å². The Morgan fingerprint density at radius 1 is 1.40 bits per heavy atom. The number of hydrogen-bond donors (Lipinski definition) is 0. The van der Waals surface area contributed by atoms with Gasteiger partial charge in [0, 0.05) is 0 Å². The van der Waals surface area contributed by atoms with Crippen molar-refractivity contribution >= 4 is 45.5 Å². The van der Waals surface area contributed by atoms with Crippen molar-refractivity contribution in [2.24, 2.45) is 0 Å². The van der Waals surface area contributed by atoms with Crippen LogP contribution in [0.2, 0.25) is 0 Å². The summed E-state index contributed by atoms with van der Waals surface area (Å²) in [5.41, 5.74) is 0. The van der Waals surface area contributed by atoms with Gasteiger partial charge in [-0.05, 0) is 0 Å². The van der Waals surface area contributed by atoms with Gasteiger partial charge in [-0.25, -0.2) is 0 Å². The van der Waals surface area contributed by atoms with E-state index in [0.29, 0.717) is 0 Å². The van der Waals surface area contributed by atoms with E-state index in [9.17, 15) is 0 Å². The number of rotatable bonds is 0. The smallest absolute Gasteiger partial charge is 0.356 e. The van der Waals surface area contributed by atoms with Crippen molar-refractivity contribution in [3.05, 3.63) is 15.3 Å². The van der Waals surface area contributed by atoms with Gasteiger partial charge in [0.1, 0.15) is 0 Å². The summed E-state index contributed by atoms with van der Waals surface area (Å²) in [5.74, 6) is 0. The standard InChI is InChI=1S/NO3.Sr/c2-1(3)4;/q-1;+2. The van der Waals surface area contributed by atoms with Crippen molar-refractivity contribution < 1.29 is 5.09 Å². The predicted octanol–water partition coefficient (Wildman–Crippen LogP) is -0.620. The molecule has 4 nitrogen and oxygen atoms in total. The average Bonchev–Trinajstić information content (AvgIpc) is 0.811. The summed E-state index contributed by atoms with van der Waals surface area (Å²) in [6.45, 7) is 0. The largest absolute Gasteiger partial charge is 2.00 e. The summed E-state index contributed by atoms with van der Waals surface area (Å²) in [5, 5.41) is 14.8. The fourth-order valence-electron chi connectivity index (χ4n) is 0. The van der Waals surface area contributed by atoms with E-state index in [2.05, 4.69) is 0 Å². The molecule has 0 aromatic rings. The first-order valence-corrected chi connectivity index (χ1v) is 0.548. The third-order valence-corrected chi connectivity index (χ3v) is 0. The monoisotopic (exact) mass is 150 g/mol. The maximum atomic E-state index is 8.25. The maximum Gasteiger partial charge on any atom is 2.00 e. The molecule has 0 heterocycles. The molecule has 0 saturated heterocycles. The minimum atomic E-state index is -1.75. The van der Waals surface area contributed by atoms with Crippen LogP contribution in [-0.2, 0) is 0 Å². The van der Waals surface area contributed by atoms with Gasteiger partial charge in [0.2, 0.25) is 0 Å². The topological polar surface area (TPSA) is 66.2 Å². The summed E-state index contributed by atoms with van der Waals surface area (Å²) in [6, 6.07) is 0. The summed E-state index contributed by atoms with van der Waals surface area (Å²) in [6.07, 6.45) is 0. The van der Waals surface area contributed by atoms with Crippen LogP contribution in [0.4, 0.5) is 0 Å². The summed E-state index contributed by atoms with van der Waals surface area (Å²) in [7, 11) is 0. The molecule has 0 saturated carbocycles. The Kier molecular flexibility index (Phi) is 8.60. The Hall–Kier alpha value is 0.681. The molecule has 0 rings (SSSR count).